The fraction of sp³-hybridized carbons (Fsp3) is 0.600. The molecule has 4 heteroatoms. The first-order valence-corrected chi connectivity index (χ1v) is 9.20. The van der Waals surface area contributed by atoms with Gasteiger partial charge in [-0.25, -0.2) is 0 Å². The number of benzene rings is 1. The van der Waals surface area contributed by atoms with Gasteiger partial charge in [0.15, 0.2) is 0 Å². The molecule has 0 spiro atoms. The van der Waals surface area contributed by atoms with Gasteiger partial charge in [0.1, 0.15) is 0 Å². The van der Waals surface area contributed by atoms with Crippen LogP contribution in [0.15, 0.2) is 30.3 Å². The molecule has 1 aliphatic rings. The fourth-order valence-corrected chi connectivity index (χ4v) is 3.23. The van der Waals surface area contributed by atoms with Gasteiger partial charge in [0.25, 0.3) is 0 Å². The van der Waals surface area contributed by atoms with Crippen LogP contribution in [0.5, 0.6) is 0 Å². The van der Waals surface area contributed by atoms with Crippen LogP contribution in [0.1, 0.15) is 57.9 Å². The molecule has 1 aliphatic heterocycles. The summed E-state index contributed by atoms with van der Waals surface area (Å²) in [6.07, 6.45) is 3.37. The van der Waals surface area contributed by atoms with Crippen molar-refractivity contribution in [3.05, 3.63) is 35.9 Å². The predicted octanol–water partition coefficient (Wildman–Crippen LogP) is 3.33. The molecule has 0 aromatic heterocycles. The van der Waals surface area contributed by atoms with Crippen LogP contribution >= 0.6 is 0 Å². The van der Waals surface area contributed by atoms with E-state index in [1.807, 2.05) is 49.1 Å². The SMILES string of the molecule is CC[C@@H](C)C(=O)NC1CCN(C(=O)[C@H](CC)c2ccccc2)CC1. The van der Waals surface area contributed by atoms with Crippen molar-refractivity contribution in [2.24, 2.45) is 5.92 Å². The van der Waals surface area contributed by atoms with Crippen molar-refractivity contribution < 1.29 is 9.59 Å². The number of hydrogen-bond acceptors (Lipinski definition) is 2. The number of nitrogens with one attached hydrogen (secondary N) is 1. The van der Waals surface area contributed by atoms with Gasteiger partial charge in [-0.15, -0.1) is 0 Å². The third kappa shape index (κ3) is 4.59. The van der Waals surface area contributed by atoms with Crippen molar-refractivity contribution >= 4 is 11.8 Å². The highest BCUT2D eigenvalue weighted by Gasteiger charge is 2.29. The van der Waals surface area contributed by atoms with E-state index in [0.29, 0.717) is 0 Å². The normalized spacial score (nSPS) is 18.0. The van der Waals surface area contributed by atoms with Crippen LogP contribution in [0.4, 0.5) is 0 Å². The van der Waals surface area contributed by atoms with Gasteiger partial charge < -0.3 is 10.2 Å². The monoisotopic (exact) mass is 330 g/mol. The summed E-state index contributed by atoms with van der Waals surface area (Å²) >= 11 is 0. The molecule has 0 saturated carbocycles. The first-order valence-electron chi connectivity index (χ1n) is 9.20. The van der Waals surface area contributed by atoms with E-state index in [4.69, 9.17) is 0 Å². The van der Waals surface area contributed by atoms with E-state index in [1.165, 1.54) is 0 Å². The predicted molar refractivity (Wildman–Crippen MR) is 96.7 cm³/mol. The molecule has 0 unspecified atom stereocenters. The lowest BCUT2D eigenvalue weighted by Crippen LogP contribution is -2.48. The minimum Gasteiger partial charge on any atom is -0.353 e. The summed E-state index contributed by atoms with van der Waals surface area (Å²) in [5.74, 6) is 0.359. The molecule has 0 radical (unpaired) electrons. The number of amides is 2. The Labute approximate surface area is 145 Å². The molecule has 1 aromatic rings. The van der Waals surface area contributed by atoms with E-state index in [0.717, 1.165) is 44.3 Å². The zero-order valence-electron chi connectivity index (χ0n) is 15.1. The molecule has 24 heavy (non-hydrogen) atoms. The van der Waals surface area contributed by atoms with Crippen molar-refractivity contribution in [2.45, 2.75) is 58.4 Å². The molecule has 2 amide bonds. The second-order valence-corrected chi connectivity index (χ2v) is 6.79. The minimum absolute atomic E-state index is 0.0579. The highest BCUT2D eigenvalue weighted by atomic mass is 16.2. The molecule has 4 nitrogen and oxygen atoms in total. The van der Waals surface area contributed by atoms with Gasteiger partial charge in [-0.1, -0.05) is 51.1 Å². The molecule has 1 heterocycles. The molecule has 1 saturated heterocycles. The Balaban J connectivity index is 1.89. The summed E-state index contributed by atoms with van der Waals surface area (Å²) in [5.41, 5.74) is 1.09. The average molecular weight is 330 g/mol. The number of rotatable bonds is 6. The zero-order chi connectivity index (χ0) is 17.5. The minimum atomic E-state index is -0.0579. The van der Waals surface area contributed by atoms with Crippen molar-refractivity contribution in [3.8, 4) is 0 Å². The van der Waals surface area contributed by atoms with Gasteiger partial charge in [-0.3, -0.25) is 9.59 Å². The van der Waals surface area contributed by atoms with Gasteiger partial charge in [0.2, 0.25) is 11.8 Å². The Morgan fingerprint density at radius 1 is 1.12 bits per heavy atom. The Kier molecular flexibility index (Phi) is 6.83. The lowest BCUT2D eigenvalue weighted by molar-refractivity contribution is -0.134. The van der Waals surface area contributed by atoms with E-state index in [-0.39, 0.29) is 29.7 Å². The lowest BCUT2D eigenvalue weighted by Gasteiger charge is -2.35. The Hall–Kier alpha value is -1.84. The second-order valence-electron chi connectivity index (χ2n) is 6.79. The van der Waals surface area contributed by atoms with Crippen LogP contribution in [0.3, 0.4) is 0 Å². The number of carbonyl (C=O) groups is 2. The molecule has 1 N–H and O–H groups in total. The van der Waals surface area contributed by atoms with E-state index in [2.05, 4.69) is 12.2 Å². The molecular weight excluding hydrogens is 300 g/mol. The van der Waals surface area contributed by atoms with Crippen molar-refractivity contribution in [2.75, 3.05) is 13.1 Å². The zero-order valence-corrected chi connectivity index (χ0v) is 15.1. The van der Waals surface area contributed by atoms with Crippen LogP contribution < -0.4 is 5.32 Å². The van der Waals surface area contributed by atoms with Crippen LogP contribution in [0, 0.1) is 5.92 Å². The van der Waals surface area contributed by atoms with Crippen molar-refractivity contribution in [1.82, 2.24) is 10.2 Å². The fourth-order valence-electron chi connectivity index (χ4n) is 3.23. The summed E-state index contributed by atoms with van der Waals surface area (Å²) < 4.78 is 0. The maximum absolute atomic E-state index is 12.9. The highest BCUT2D eigenvalue weighted by molar-refractivity contribution is 5.84. The number of carbonyl (C=O) groups excluding carboxylic acids is 2. The number of nitrogens with zero attached hydrogens (tertiary/aromatic N) is 1. The summed E-state index contributed by atoms with van der Waals surface area (Å²) in [6, 6.07) is 10.2. The Morgan fingerprint density at radius 2 is 1.75 bits per heavy atom. The third-order valence-corrected chi connectivity index (χ3v) is 5.12. The largest absolute Gasteiger partial charge is 0.353 e. The molecular formula is C20H30N2O2. The summed E-state index contributed by atoms with van der Waals surface area (Å²) in [5, 5.41) is 3.13. The van der Waals surface area contributed by atoms with E-state index < -0.39 is 0 Å². The van der Waals surface area contributed by atoms with E-state index in [1.54, 1.807) is 0 Å². The number of piperidine rings is 1. The molecule has 2 rings (SSSR count). The first kappa shape index (κ1) is 18.5. The van der Waals surface area contributed by atoms with Gasteiger partial charge in [-0.2, -0.15) is 0 Å². The van der Waals surface area contributed by atoms with Crippen LogP contribution in [0.2, 0.25) is 0 Å². The van der Waals surface area contributed by atoms with Crippen molar-refractivity contribution in [1.29, 1.82) is 0 Å². The Morgan fingerprint density at radius 3 is 2.29 bits per heavy atom. The number of likely N-dealkylation sites (tertiary alicyclic amines) is 1. The van der Waals surface area contributed by atoms with Gasteiger partial charge in [0, 0.05) is 25.0 Å². The van der Waals surface area contributed by atoms with Crippen LogP contribution in [-0.2, 0) is 9.59 Å². The first-order chi connectivity index (χ1) is 11.6. The average Bonchev–Trinajstić information content (AvgIpc) is 2.63. The summed E-state index contributed by atoms with van der Waals surface area (Å²) in [6.45, 7) is 7.51. The maximum atomic E-state index is 12.9. The summed E-state index contributed by atoms with van der Waals surface area (Å²) in [7, 11) is 0. The van der Waals surface area contributed by atoms with Gasteiger partial charge >= 0.3 is 0 Å². The summed E-state index contributed by atoms with van der Waals surface area (Å²) in [4.78, 5) is 26.8. The topological polar surface area (TPSA) is 49.4 Å². The second kappa shape index (κ2) is 8.86. The van der Waals surface area contributed by atoms with E-state index >= 15 is 0 Å². The molecule has 1 aromatic carbocycles. The lowest BCUT2D eigenvalue weighted by atomic mass is 9.93. The molecule has 132 valence electrons. The van der Waals surface area contributed by atoms with Crippen LogP contribution in [0.25, 0.3) is 0 Å². The molecule has 0 aliphatic carbocycles. The van der Waals surface area contributed by atoms with Gasteiger partial charge in [-0.05, 0) is 31.2 Å². The molecule has 0 bridgehead atoms. The van der Waals surface area contributed by atoms with Crippen molar-refractivity contribution in [3.63, 3.8) is 0 Å². The molecule has 1 fully saturated rings. The molecule has 2 atom stereocenters. The third-order valence-electron chi connectivity index (χ3n) is 5.12. The van der Waals surface area contributed by atoms with Crippen LogP contribution in [-0.4, -0.2) is 35.8 Å². The van der Waals surface area contributed by atoms with E-state index in [9.17, 15) is 9.59 Å². The Bertz CT molecular complexity index is 536. The smallest absolute Gasteiger partial charge is 0.230 e. The van der Waals surface area contributed by atoms with Gasteiger partial charge in [0.05, 0.1) is 5.92 Å². The number of hydrogen-bond donors (Lipinski definition) is 1. The maximum Gasteiger partial charge on any atom is 0.230 e. The highest BCUT2D eigenvalue weighted by Crippen LogP contribution is 2.24. The quantitative estimate of drug-likeness (QED) is 0.870. The standard InChI is InChI=1S/C20H30N2O2/c1-4-15(3)19(23)21-17-11-13-22(14-12-17)20(24)18(5-2)16-9-7-6-8-10-16/h6-10,15,17-18H,4-5,11-14H2,1-3H3,(H,21,23)/t15-,18-/m1/s1.